The molecule has 0 unspecified atom stereocenters. The van der Waals surface area contributed by atoms with Crippen LogP contribution in [0.1, 0.15) is 48.2 Å². The molecule has 7 nitrogen and oxygen atoms in total. The van der Waals surface area contributed by atoms with Crippen molar-refractivity contribution in [3.05, 3.63) is 41.9 Å². The molecule has 2 aromatic rings. The molecule has 3 rings (SSSR count). The maximum atomic E-state index is 12.3. The maximum Gasteiger partial charge on any atom is 0.271 e. The lowest BCUT2D eigenvalue weighted by Crippen LogP contribution is -2.36. The van der Waals surface area contributed by atoms with Gasteiger partial charge in [0.1, 0.15) is 11.5 Å². The summed E-state index contributed by atoms with van der Waals surface area (Å²) in [6.45, 7) is 0.692. The number of hydrogen-bond donors (Lipinski definition) is 2. The third-order valence-corrected chi connectivity index (χ3v) is 4.99. The molecule has 0 bridgehead atoms. The van der Waals surface area contributed by atoms with Gasteiger partial charge in [-0.25, -0.2) is 9.97 Å². The van der Waals surface area contributed by atoms with Crippen LogP contribution in [0.5, 0.6) is 11.5 Å². The molecular formula is C21H28N4O3. The molecule has 1 aromatic heterocycles. The molecule has 0 radical (unpaired) electrons. The van der Waals surface area contributed by atoms with Gasteiger partial charge in [-0.15, -0.1) is 0 Å². The van der Waals surface area contributed by atoms with E-state index in [1.165, 1.54) is 25.5 Å². The summed E-state index contributed by atoms with van der Waals surface area (Å²) in [5.74, 6) is 1.94. The zero-order chi connectivity index (χ0) is 19.8. The normalized spacial score (nSPS) is 14.4. The first-order chi connectivity index (χ1) is 13.7. The summed E-state index contributed by atoms with van der Waals surface area (Å²) in [7, 11) is 3.25. The summed E-state index contributed by atoms with van der Waals surface area (Å²) in [6.07, 6.45) is 9.64. The number of rotatable bonds is 8. The van der Waals surface area contributed by atoms with E-state index in [1.807, 2.05) is 18.2 Å². The van der Waals surface area contributed by atoms with Crippen LogP contribution in [0.25, 0.3) is 0 Å². The molecule has 0 spiro atoms. The Labute approximate surface area is 165 Å². The molecule has 1 aliphatic rings. The van der Waals surface area contributed by atoms with E-state index in [-0.39, 0.29) is 11.9 Å². The van der Waals surface area contributed by atoms with Gasteiger partial charge in [0.05, 0.1) is 26.6 Å². The van der Waals surface area contributed by atoms with Gasteiger partial charge in [-0.05, 0) is 37.0 Å². The molecule has 1 aliphatic carbocycles. The molecule has 0 atom stereocenters. The van der Waals surface area contributed by atoms with E-state index < -0.39 is 0 Å². The first-order valence-corrected chi connectivity index (χ1v) is 9.77. The Morgan fingerprint density at radius 1 is 1.07 bits per heavy atom. The zero-order valence-electron chi connectivity index (χ0n) is 16.5. The molecule has 1 heterocycles. The van der Waals surface area contributed by atoms with Gasteiger partial charge >= 0.3 is 0 Å². The van der Waals surface area contributed by atoms with Crippen molar-refractivity contribution in [2.75, 3.05) is 26.1 Å². The SMILES string of the molecule is COc1ccc(CCNc2cnc(C(=O)NC3CCCCC3)cn2)cc1OC. The summed E-state index contributed by atoms with van der Waals surface area (Å²) in [5.41, 5.74) is 1.48. The van der Waals surface area contributed by atoms with Crippen molar-refractivity contribution in [3.8, 4) is 11.5 Å². The summed E-state index contributed by atoms with van der Waals surface area (Å²) in [6, 6.07) is 6.13. The second-order valence-corrected chi connectivity index (χ2v) is 6.96. The average Bonchev–Trinajstić information content (AvgIpc) is 2.74. The molecule has 0 aliphatic heterocycles. The number of amides is 1. The van der Waals surface area contributed by atoms with Crippen LogP contribution in [-0.2, 0) is 6.42 Å². The average molecular weight is 384 g/mol. The van der Waals surface area contributed by atoms with Gasteiger partial charge in [0.2, 0.25) is 0 Å². The Hall–Kier alpha value is -2.83. The molecule has 1 aromatic carbocycles. The fraction of sp³-hybridized carbons (Fsp3) is 0.476. The predicted molar refractivity (Wildman–Crippen MR) is 108 cm³/mol. The van der Waals surface area contributed by atoms with Crippen LogP contribution in [0, 0.1) is 0 Å². The van der Waals surface area contributed by atoms with Crippen LogP contribution >= 0.6 is 0 Å². The lowest BCUT2D eigenvalue weighted by Gasteiger charge is -2.22. The molecule has 0 saturated heterocycles. The van der Waals surface area contributed by atoms with Gasteiger partial charge in [-0.2, -0.15) is 0 Å². The smallest absolute Gasteiger partial charge is 0.271 e. The van der Waals surface area contributed by atoms with Gasteiger partial charge in [0.15, 0.2) is 11.5 Å². The van der Waals surface area contributed by atoms with Crippen molar-refractivity contribution in [1.82, 2.24) is 15.3 Å². The van der Waals surface area contributed by atoms with E-state index in [4.69, 9.17) is 9.47 Å². The third kappa shape index (κ3) is 5.34. The molecule has 1 amide bonds. The summed E-state index contributed by atoms with van der Waals surface area (Å²) in [4.78, 5) is 20.8. The molecule has 28 heavy (non-hydrogen) atoms. The van der Waals surface area contributed by atoms with E-state index in [0.29, 0.717) is 29.6 Å². The van der Waals surface area contributed by atoms with E-state index in [1.54, 1.807) is 20.4 Å². The van der Waals surface area contributed by atoms with E-state index in [0.717, 1.165) is 24.8 Å². The van der Waals surface area contributed by atoms with Gasteiger partial charge in [-0.1, -0.05) is 25.3 Å². The number of anilines is 1. The molecule has 150 valence electrons. The molecule has 7 heteroatoms. The molecule has 2 N–H and O–H groups in total. The number of nitrogens with zero attached hydrogens (tertiary/aromatic N) is 2. The fourth-order valence-corrected chi connectivity index (χ4v) is 3.41. The van der Waals surface area contributed by atoms with E-state index in [2.05, 4.69) is 20.6 Å². The lowest BCUT2D eigenvalue weighted by atomic mass is 9.95. The number of carbonyl (C=O) groups is 1. The van der Waals surface area contributed by atoms with Crippen molar-refractivity contribution in [2.45, 2.75) is 44.6 Å². The van der Waals surface area contributed by atoms with Gasteiger partial charge in [0.25, 0.3) is 5.91 Å². The van der Waals surface area contributed by atoms with E-state index >= 15 is 0 Å². The first kappa shape index (κ1) is 19.9. The minimum absolute atomic E-state index is 0.142. The number of aromatic nitrogens is 2. The van der Waals surface area contributed by atoms with Gasteiger partial charge in [-0.3, -0.25) is 4.79 Å². The van der Waals surface area contributed by atoms with Crippen molar-refractivity contribution in [1.29, 1.82) is 0 Å². The highest BCUT2D eigenvalue weighted by Gasteiger charge is 2.17. The Balaban J connectivity index is 1.48. The van der Waals surface area contributed by atoms with Crippen molar-refractivity contribution in [2.24, 2.45) is 0 Å². The molecule has 1 fully saturated rings. The highest BCUT2D eigenvalue weighted by molar-refractivity contribution is 5.92. The predicted octanol–water partition coefficient (Wildman–Crippen LogP) is 3.21. The summed E-state index contributed by atoms with van der Waals surface area (Å²) < 4.78 is 10.6. The standard InChI is InChI=1S/C21H28N4O3/c1-27-18-9-8-15(12-19(18)28-2)10-11-22-20-14-23-17(13-24-20)21(26)25-16-6-4-3-5-7-16/h8-9,12-14,16H,3-7,10-11H2,1-2H3,(H,22,24)(H,25,26). The van der Waals surface area contributed by atoms with Crippen LogP contribution in [0.15, 0.2) is 30.6 Å². The number of benzene rings is 1. The highest BCUT2D eigenvalue weighted by Crippen LogP contribution is 2.27. The number of ether oxygens (including phenoxy) is 2. The van der Waals surface area contributed by atoms with Gasteiger partial charge in [0, 0.05) is 12.6 Å². The fourth-order valence-electron chi connectivity index (χ4n) is 3.41. The van der Waals surface area contributed by atoms with Crippen molar-refractivity contribution < 1.29 is 14.3 Å². The molecular weight excluding hydrogens is 356 g/mol. The Morgan fingerprint density at radius 3 is 2.54 bits per heavy atom. The van der Waals surface area contributed by atoms with E-state index in [9.17, 15) is 4.79 Å². The lowest BCUT2D eigenvalue weighted by molar-refractivity contribution is 0.0922. The largest absolute Gasteiger partial charge is 0.493 e. The van der Waals surface area contributed by atoms with Crippen LogP contribution in [0.3, 0.4) is 0 Å². The van der Waals surface area contributed by atoms with Crippen LogP contribution < -0.4 is 20.1 Å². The van der Waals surface area contributed by atoms with Crippen molar-refractivity contribution in [3.63, 3.8) is 0 Å². The third-order valence-electron chi connectivity index (χ3n) is 4.99. The number of hydrogen-bond acceptors (Lipinski definition) is 6. The highest BCUT2D eigenvalue weighted by atomic mass is 16.5. The summed E-state index contributed by atoms with van der Waals surface area (Å²) in [5, 5.41) is 6.28. The number of nitrogens with one attached hydrogen (secondary N) is 2. The van der Waals surface area contributed by atoms with Crippen LogP contribution in [0.2, 0.25) is 0 Å². The summed E-state index contributed by atoms with van der Waals surface area (Å²) >= 11 is 0. The van der Waals surface area contributed by atoms with Gasteiger partial charge < -0.3 is 20.1 Å². The van der Waals surface area contributed by atoms with Crippen LogP contribution in [-0.4, -0.2) is 42.7 Å². The topological polar surface area (TPSA) is 85.4 Å². The maximum absolute atomic E-state index is 12.3. The Kier molecular flexibility index (Phi) is 7.06. The zero-order valence-corrected chi connectivity index (χ0v) is 16.5. The number of methoxy groups -OCH3 is 2. The molecule has 1 saturated carbocycles. The van der Waals surface area contributed by atoms with Crippen molar-refractivity contribution >= 4 is 11.7 Å². The second-order valence-electron chi connectivity index (χ2n) is 6.96. The minimum atomic E-state index is -0.142. The second kappa shape index (κ2) is 9.92. The quantitative estimate of drug-likeness (QED) is 0.727. The monoisotopic (exact) mass is 384 g/mol. The Bertz CT molecular complexity index is 774. The Morgan fingerprint density at radius 2 is 1.86 bits per heavy atom. The first-order valence-electron chi connectivity index (χ1n) is 9.77. The minimum Gasteiger partial charge on any atom is -0.493 e. The van der Waals surface area contributed by atoms with Crippen LogP contribution in [0.4, 0.5) is 5.82 Å². The number of carbonyl (C=O) groups excluding carboxylic acids is 1.